The van der Waals surface area contributed by atoms with E-state index in [4.69, 9.17) is 9.47 Å². The first-order valence-electron chi connectivity index (χ1n) is 7.05. The van der Waals surface area contributed by atoms with Crippen LogP contribution in [0, 0.1) is 0 Å². The molecule has 1 aromatic carbocycles. The van der Waals surface area contributed by atoms with Crippen molar-refractivity contribution in [2.24, 2.45) is 0 Å². The number of ether oxygens (including phenoxy) is 2. The van der Waals surface area contributed by atoms with Crippen molar-refractivity contribution >= 4 is 15.9 Å². The molecule has 7 heteroatoms. The lowest BCUT2D eigenvalue weighted by Crippen LogP contribution is -2.41. The zero-order valence-corrected chi connectivity index (χ0v) is 13.9. The molecule has 0 bridgehead atoms. The highest BCUT2D eigenvalue weighted by atomic mass is 32.2. The summed E-state index contributed by atoms with van der Waals surface area (Å²) in [6, 6.07) is 7.66. The topological polar surface area (TPSA) is 85.0 Å². The van der Waals surface area contributed by atoms with E-state index in [0.29, 0.717) is 0 Å². The van der Waals surface area contributed by atoms with E-state index < -0.39 is 39.1 Å². The molecule has 0 unspecified atom stereocenters. The molecule has 1 N–H and O–H groups in total. The van der Waals surface area contributed by atoms with Crippen LogP contribution in [0.5, 0.6) is 0 Å². The number of benzene rings is 1. The van der Waals surface area contributed by atoms with Gasteiger partial charge in [0, 0.05) is 0 Å². The van der Waals surface area contributed by atoms with Crippen LogP contribution in [0.3, 0.4) is 0 Å². The molecule has 0 radical (unpaired) electrons. The smallest absolute Gasteiger partial charge is 0.407 e. The lowest BCUT2D eigenvalue weighted by atomic mass is 10.2. The molecule has 0 spiro atoms. The van der Waals surface area contributed by atoms with Gasteiger partial charge in [-0.05, 0) is 39.8 Å². The lowest BCUT2D eigenvalue weighted by Gasteiger charge is -2.21. The Balaban J connectivity index is 1.96. The number of carbonyl (C=O) groups is 1. The predicted octanol–water partition coefficient (Wildman–Crippen LogP) is 2.10. The second-order valence-electron chi connectivity index (χ2n) is 6.26. The Labute approximate surface area is 130 Å². The van der Waals surface area contributed by atoms with E-state index in [9.17, 15) is 13.2 Å². The Morgan fingerprint density at radius 1 is 1.27 bits per heavy atom. The molecular formula is C15H21NO5S. The fraction of sp³-hybridized carbons (Fsp3) is 0.533. The van der Waals surface area contributed by atoms with Gasteiger partial charge in [-0.15, -0.1) is 0 Å². The molecule has 1 amide bonds. The monoisotopic (exact) mass is 327 g/mol. The summed E-state index contributed by atoms with van der Waals surface area (Å²) < 4.78 is 35.1. The highest BCUT2D eigenvalue weighted by Crippen LogP contribution is 2.34. The van der Waals surface area contributed by atoms with Gasteiger partial charge in [0.15, 0.2) is 5.44 Å². The van der Waals surface area contributed by atoms with Gasteiger partial charge in [-0.1, -0.05) is 18.2 Å². The Morgan fingerprint density at radius 3 is 2.41 bits per heavy atom. The molecule has 1 aliphatic heterocycles. The molecule has 0 aliphatic carbocycles. The van der Waals surface area contributed by atoms with Crippen LogP contribution < -0.4 is 5.32 Å². The van der Waals surface area contributed by atoms with Crippen LogP contribution in [0.4, 0.5) is 4.79 Å². The normalized spacial score (nSPS) is 22.7. The van der Waals surface area contributed by atoms with Crippen LogP contribution in [0.15, 0.2) is 35.2 Å². The van der Waals surface area contributed by atoms with Crippen LogP contribution in [0.25, 0.3) is 0 Å². The molecule has 1 heterocycles. The fourth-order valence-corrected chi connectivity index (χ4v) is 3.70. The number of nitrogens with one attached hydrogen (secondary N) is 1. The Hall–Kier alpha value is -1.60. The highest BCUT2D eigenvalue weighted by Gasteiger charge is 2.53. The molecule has 1 saturated heterocycles. The second kappa shape index (κ2) is 5.89. The van der Waals surface area contributed by atoms with Crippen LogP contribution in [0.2, 0.25) is 0 Å². The summed E-state index contributed by atoms with van der Waals surface area (Å²) in [4.78, 5) is 11.9. The van der Waals surface area contributed by atoms with E-state index in [1.165, 1.54) is 12.1 Å². The number of epoxide rings is 1. The van der Waals surface area contributed by atoms with Gasteiger partial charge in [0.25, 0.3) is 0 Å². The zero-order valence-electron chi connectivity index (χ0n) is 13.1. The van der Waals surface area contributed by atoms with Gasteiger partial charge in [0.05, 0.1) is 10.9 Å². The Kier molecular flexibility index (Phi) is 4.49. The SMILES string of the molecule is C[C@H](NC(=O)OC(C)(C)C)[C@H]1O[C@H]1S(=O)(=O)c1ccccc1. The summed E-state index contributed by atoms with van der Waals surface area (Å²) in [5.41, 5.74) is -1.54. The quantitative estimate of drug-likeness (QED) is 0.856. The average Bonchev–Trinajstić information content (AvgIpc) is 3.18. The van der Waals surface area contributed by atoms with Crippen LogP contribution in [-0.2, 0) is 19.3 Å². The number of sulfone groups is 1. The number of hydrogen-bond donors (Lipinski definition) is 1. The van der Waals surface area contributed by atoms with E-state index in [1.807, 2.05) is 0 Å². The minimum absolute atomic E-state index is 0.215. The molecular weight excluding hydrogens is 306 g/mol. The third-order valence-corrected chi connectivity index (χ3v) is 5.02. The molecule has 1 aliphatic rings. The van der Waals surface area contributed by atoms with Gasteiger partial charge in [-0.2, -0.15) is 0 Å². The van der Waals surface area contributed by atoms with E-state index in [-0.39, 0.29) is 4.90 Å². The van der Waals surface area contributed by atoms with Crippen molar-refractivity contribution < 1.29 is 22.7 Å². The maximum atomic E-state index is 12.4. The number of alkyl carbamates (subject to hydrolysis) is 1. The van der Waals surface area contributed by atoms with E-state index in [0.717, 1.165) is 0 Å². The summed E-state index contributed by atoms with van der Waals surface area (Å²) in [5.74, 6) is 0. The molecule has 0 saturated carbocycles. The van der Waals surface area contributed by atoms with E-state index in [1.54, 1.807) is 45.9 Å². The van der Waals surface area contributed by atoms with Gasteiger partial charge in [0.1, 0.15) is 11.7 Å². The molecule has 122 valence electrons. The molecule has 6 nitrogen and oxygen atoms in total. The van der Waals surface area contributed by atoms with Gasteiger partial charge in [0.2, 0.25) is 9.84 Å². The zero-order chi connectivity index (χ0) is 16.5. The first-order valence-corrected chi connectivity index (χ1v) is 8.60. The molecule has 0 aromatic heterocycles. The Morgan fingerprint density at radius 2 is 1.86 bits per heavy atom. The van der Waals surface area contributed by atoms with E-state index >= 15 is 0 Å². The predicted molar refractivity (Wildman–Crippen MR) is 81.1 cm³/mol. The summed E-state index contributed by atoms with van der Waals surface area (Å²) in [6.07, 6.45) is -1.16. The number of rotatable bonds is 4. The van der Waals surface area contributed by atoms with Crippen molar-refractivity contribution in [2.45, 2.75) is 55.8 Å². The molecule has 1 fully saturated rings. The number of amides is 1. The highest BCUT2D eigenvalue weighted by molar-refractivity contribution is 7.92. The summed E-state index contributed by atoms with van der Waals surface area (Å²) >= 11 is 0. The van der Waals surface area contributed by atoms with E-state index in [2.05, 4.69) is 5.32 Å². The van der Waals surface area contributed by atoms with Crippen molar-refractivity contribution in [3.05, 3.63) is 30.3 Å². The average molecular weight is 327 g/mol. The fourth-order valence-electron chi connectivity index (χ4n) is 2.03. The van der Waals surface area contributed by atoms with Gasteiger partial charge >= 0.3 is 6.09 Å². The molecule has 22 heavy (non-hydrogen) atoms. The molecule has 1 aromatic rings. The molecule has 3 atom stereocenters. The standard InChI is InChI=1S/C15H21NO5S/c1-10(16-14(17)21-15(2,3)4)12-13(20-12)22(18,19)11-8-6-5-7-9-11/h5-10,12-13H,1-4H3,(H,16,17)/t10-,12+,13-/m0/s1. The van der Waals surface area contributed by atoms with Crippen LogP contribution >= 0.6 is 0 Å². The third-order valence-electron chi connectivity index (χ3n) is 3.10. The van der Waals surface area contributed by atoms with Crippen LogP contribution in [0.1, 0.15) is 27.7 Å². The summed E-state index contributed by atoms with van der Waals surface area (Å²) in [6.45, 7) is 6.96. The van der Waals surface area contributed by atoms with Gasteiger partial charge < -0.3 is 14.8 Å². The summed E-state index contributed by atoms with van der Waals surface area (Å²) in [5, 5.41) is 2.60. The number of hydrogen-bond acceptors (Lipinski definition) is 5. The van der Waals surface area contributed by atoms with Crippen molar-refractivity contribution in [3.63, 3.8) is 0 Å². The van der Waals surface area contributed by atoms with Crippen molar-refractivity contribution in [1.82, 2.24) is 5.32 Å². The Bertz CT molecular complexity index is 636. The lowest BCUT2D eigenvalue weighted by molar-refractivity contribution is 0.0500. The minimum atomic E-state index is -3.55. The first kappa shape index (κ1) is 16.8. The summed E-state index contributed by atoms with van der Waals surface area (Å²) in [7, 11) is -3.55. The van der Waals surface area contributed by atoms with Crippen molar-refractivity contribution in [1.29, 1.82) is 0 Å². The molecule has 2 rings (SSSR count). The number of carbonyl (C=O) groups excluding carboxylic acids is 1. The van der Waals surface area contributed by atoms with Gasteiger partial charge in [-0.3, -0.25) is 0 Å². The third kappa shape index (κ3) is 3.98. The largest absolute Gasteiger partial charge is 0.444 e. The van der Waals surface area contributed by atoms with Crippen molar-refractivity contribution in [3.8, 4) is 0 Å². The second-order valence-corrected chi connectivity index (χ2v) is 8.29. The maximum absolute atomic E-state index is 12.4. The van der Waals surface area contributed by atoms with Gasteiger partial charge in [-0.25, -0.2) is 13.2 Å². The minimum Gasteiger partial charge on any atom is -0.444 e. The maximum Gasteiger partial charge on any atom is 0.407 e. The first-order chi connectivity index (χ1) is 10.1. The van der Waals surface area contributed by atoms with Crippen LogP contribution in [-0.4, -0.2) is 37.7 Å². The van der Waals surface area contributed by atoms with Crippen molar-refractivity contribution in [2.75, 3.05) is 0 Å².